The Morgan fingerprint density at radius 1 is 1.28 bits per heavy atom. The number of hydrogen-bond acceptors (Lipinski definition) is 6. The first-order valence-corrected chi connectivity index (χ1v) is 5.97. The fourth-order valence-corrected chi connectivity index (χ4v) is 2.30. The molecule has 1 aromatic heterocycles. The van der Waals surface area contributed by atoms with Gasteiger partial charge in [-0.1, -0.05) is 30.3 Å². The van der Waals surface area contributed by atoms with E-state index in [1.165, 1.54) is 11.8 Å². The van der Waals surface area contributed by atoms with Gasteiger partial charge in [-0.3, -0.25) is 5.43 Å². The molecule has 0 saturated heterocycles. The van der Waals surface area contributed by atoms with E-state index in [9.17, 15) is 0 Å². The topological polar surface area (TPSA) is 92.6 Å². The van der Waals surface area contributed by atoms with Crippen molar-refractivity contribution in [3.8, 4) is 17.5 Å². The van der Waals surface area contributed by atoms with E-state index >= 15 is 0 Å². The second-order valence-electron chi connectivity index (χ2n) is 3.58. The summed E-state index contributed by atoms with van der Waals surface area (Å²) in [7, 11) is 0. The molecule has 1 aromatic carbocycles. The SMILES string of the molecule is N#CC1=C(N)Nn2c(nnc2-c2ccccc2)S1. The third-order valence-electron chi connectivity index (χ3n) is 2.44. The summed E-state index contributed by atoms with van der Waals surface area (Å²) < 4.78 is 1.68. The smallest absolute Gasteiger partial charge is 0.216 e. The lowest BCUT2D eigenvalue weighted by Gasteiger charge is -2.17. The van der Waals surface area contributed by atoms with Crippen LogP contribution in [0.2, 0.25) is 0 Å². The van der Waals surface area contributed by atoms with Crippen molar-refractivity contribution in [2.24, 2.45) is 5.73 Å². The maximum absolute atomic E-state index is 8.90. The Labute approximate surface area is 107 Å². The second-order valence-corrected chi connectivity index (χ2v) is 4.55. The molecule has 6 nitrogen and oxygen atoms in total. The molecular formula is C11H8N6S. The van der Waals surface area contributed by atoms with Gasteiger partial charge in [0, 0.05) is 5.56 Å². The first-order valence-electron chi connectivity index (χ1n) is 5.15. The number of benzene rings is 1. The quantitative estimate of drug-likeness (QED) is 0.797. The van der Waals surface area contributed by atoms with Crippen LogP contribution in [0.25, 0.3) is 11.4 Å². The molecule has 1 aliphatic rings. The molecule has 7 heteroatoms. The number of nitriles is 1. The maximum Gasteiger partial charge on any atom is 0.216 e. The first kappa shape index (κ1) is 10.7. The van der Waals surface area contributed by atoms with Crippen LogP contribution in [0.3, 0.4) is 0 Å². The van der Waals surface area contributed by atoms with E-state index in [0.29, 0.717) is 21.7 Å². The number of thioether (sulfide) groups is 1. The van der Waals surface area contributed by atoms with Gasteiger partial charge in [0.2, 0.25) is 5.16 Å². The van der Waals surface area contributed by atoms with E-state index in [-0.39, 0.29) is 0 Å². The van der Waals surface area contributed by atoms with E-state index in [1.54, 1.807) is 4.68 Å². The van der Waals surface area contributed by atoms with Crippen molar-refractivity contribution in [1.82, 2.24) is 14.9 Å². The minimum Gasteiger partial charge on any atom is -0.383 e. The fraction of sp³-hybridized carbons (Fsp3) is 0. The minimum atomic E-state index is 0.312. The van der Waals surface area contributed by atoms with Crippen molar-refractivity contribution in [2.45, 2.75) is 5.16 Å². The Kier molecular flexibility index (Phi) is 2.42. The third-order valence-corrected chi connectivity index (χ3v) is 3.40. The van der Waals surface area contributed by atoms with Crippen LogP contribution in [0.15, 0.2) is 46.2 Å². The highest BCUT2D eigenvalue weighted by Crippen LogP contribution is 2.31. The highest BCUT2D eigenvalue weighted by atomic mass is 32.2. The maximum atomic E-state index is 8.90. The normalized spacial score (nSPS) is 13.7. The largest absolute Gasteiger partial charge is 0.383 e. The van der Waals surface area contributed by atoms with E-state index < -0.39 is 0 Å². The summed E-state index contributed by atoms with van der Waals surface area (Å²) in [6.07, 6.45) is 0. The molecule has 0 bridgehead atoms. The first-order chi connectivity index (χ1) is 8.79. The van der Waals surface area contributed by atoms with Crippen molar-refractivity contribution in [3.63, 3.8) is 0 Å². The molecule has 0 atom stereocenters. The van der Waals surface area contributed by atoms with E-state index in [0.717, 1.165) is 5.56 Å². The van der Waals surface area contributed by atoms with Crippen LogP contribution in [0, 0.1) is 11.3 Å². The lowest BCUT2D eigenvalue weighted by atomic mass is 10.2. The monoisotopic (exact) mass is 256 g/mol. The van der Waals surface area contributed by atoms with Crippen LogP contribution in [-0.2, 0) is 0 Å². The van der Waals surface area contributed by atoms with Crippen LogP contribution in [-0.4, -0.2) is 14.9 Å². The predicted molar refractivity (Wildman–Crippen MR) is 67.5 cm³/mol. The standard InChI is InChI=1S/C11H8N6S/c12-6-8-9(13)16-17-10(14-15-11(17)18-8)7-4-2-1-3-5-7/h1-5,16H,13H2. The number of allylic oxidation sites excluding steroid dienone is 1. The molecule has 0 fully saturated rings. The molecular weight excluding hydrogens is 248 g/mol. The Morgan fingerprint density at radius 2 is 2.06 bits per heavy atom. The summed E-state index contributed by atoms with van der Waals surface area (Å²) >= 11 is 1.20. The summed E-state index contributed by atoms with van der Waals surface area (Å²) in [5.74, 6) is 0.977. The highest BCUT2D eigenvalue weighted by molar-refractivity contribution is 8.03. The zero-order chi connectivity index (χ0) is 12.5. The number of nitrogens with zero attached hydrogens (tertiary/aromatic N) is 4. The third kappa shape index (κ3) is 1.59. The van der Waals surface area contributed by atoms with Crippen molar-refractivity contribution < 1.29 is 0 Å². The Balaban J connectivity index is 2.07. The summed E-state index contributed by atoms with van der Waals surface area (Å²) in [4.78, 5) is 0.398. The highest BCUT2D eigenvalue weighted by Gasteiger charge is 2.22. The lowest BCUT2D eigenvalue weighted by molar-refractivity contribution is 0.792. The van der Waals surface area contributed by atoms with Gasteiger partial charge in [0.1, 0.15) is 16.8 Å². The van der Waals surface area contributed by atoms with Gasteiger partial charge >= 0.3 is 0 Å². The van der Waals surface area contributed by atoms with Crippen LogP contribution >= 0.6 is 11.8 Å². The summed E-state index contributed by atoms with van der Waals surface area (Å²) in [5, 5.41) is 17.6. The van der Waals surface area contributed by atoms with Gasteiger partial charge in [-0.05, 0) is 11.8 Å². The van der Waals surface area contributed by atoms with E-state index in [4.69, 9.17) is 11.0 Å². The summed E-state index contributed by atoms with van der Waals surface area (Å²) in [5.41, 5.74) is 9.60. The van der Waals surface area contributed by atoms with Crippen LogP contribution in [0.1, 0.15) is 0 Å². The molecule has 2 heterocycles. The van der Waals surface area contributed by atoms with Gasteiger partial charge in [0.15, 0.2) is 5.82 Å². The second kappa shape index (κ2) is 4.09. The van der Waals surface area contributed by atoms with E-state index in [2.05, 4.69) is 15.6 Å². The van der Waals surface area contributed by atoms with Crippen molar-refractivity contribution in [2.75, 3.05) is 5.43 Å². The Hall–Kier alpha value is -2.46. The van der Waals surface area contributed by atoms with E-state index in [1.807, 2.05) is 36.4 Å². The molecule has 0 saturated carbocycles. The van der Waals surface area contributed by atoms with Crippen LogP contribution < -0.4 is 11.2 Å². The number of nitrogens with one attached hydrogen (secondary N) is 1. The molecule has 0 radical (unpaired) electrons. The van der Waals surface area contributed by atoms with Gasteiger partial charge in [-0.15, -0.1) is 10.2 Å². The summed E-state index contributed by atoms with van der Waals surface area (Å²) in [6, 6.07) is 11.7. The molecule has 0 unspecified atom stereocenters. The Bertz CT molecular complexity index is 667. The molecule has 0 amide bonds. The molecule has 1 aliphatic heterocycles. The van der Waals surface area contributed by atoms with Crippen LogP contribution in [0.4, 0.5) is 0 Å². The van der Waals surface area contributed by atoms with Crippen molar-refractivity contribution in [1.29, 1.82) is 5.26 Å². The average Bonchev–Trinajstić information content (AvgIpc) is 2.81. The van der Waals surface area contributed by atoms with Crippen LogP contribution in [0.5, 0.6) is 0 Å². The zero-order valence-electron chi connectivity index (χ0n) is 9.16. The number of rotatable bonds is 1. The van der Waals surface area contributed by atoms with Gasteiger partial charge in [0.05, 0.1) is 0 Å². The summed E-state index contributed by atoms with van der Waals surface area (Å²) in [6.45, 7) is 0. The predicted octanol–water partition coefficient (Wildman–Crippen LogP) is 1.25. The molecule has 0 spiro atoms. The molecule has 3 N–H and O–H groups in total. The fourth-order valence-electron chi connectivity index (χ4n) is 1.61. The number of nitrogens with two attached hydrogens (primary N) is 1. The van der Waals surface area contributed by atoms with Gasteiger partial charge < -0.3 is 5.73 Å². The van der Waals surface area contributed by atoms with Gasteiger partial charge in [-0.2, -0.15) is 5.26 Å². The van der Waals surface area contributed by atoms with Crippen molar-refractivity contribution in [3.05, 3.63) is 41.1 Å². The number of fused-ring (bicyclic) bond motifs is 1. The molecule has 18 heavy (non-hydrogen) atoms. The molecule has 3 rings (SSSR count). The van der Waals surface area contributed by atoms with Crippen molar-refractivity contribution >= 4 is 11.8 Å². The molecule has 2 aromatic rings. The van der Waals surface area contributed by atoms with Gasteiger partial charge in [0.25, 0.3) is 0 Å². The number of hydrogen-bond donors (Lipinski definition) is 2. The zero-order valence-corrected chi connectivity index (χ0v) is 9.98. The average molecular weight is 256 g/mol. The number of aromatic nitrogens is 3. The lowest BCUT2D eigenvalue weighted by Crippen LogP contribution is -2.25. The Morgan fingerprint density at radius 3 is 2.78 bits per heavy atom. The molecule has 88 valence electrons. The minimum absolute atomic E-state index is 0.312. The van der Waals surface area contributed by atoms with Gasteiger partial charge in [-0.25, -0.2) is 4.68 Å². The molecule has 0 aliphatic carbocycles.